The predicted octanol–water partition coefficient (Wildman–Crippen LogP) is 2.68. The van der Waals surface area contributed by atoms with Crippen LogP contribution in [0.4, 0.5) is 11.4 Å². The number of benzene rings is 1. The van der Waals surface area contributed by atoms with E-state index in [0.717, 1.165) is 10.6 Å². The van der Waals surface area contributed by atoms with Gasteiger partial charge in [0.05, 0.1) is 24.5 Å². The fourth-order valence-corrected chi connectivity index (χ4v) is 3.56. The number of allylic oxidation sites excluding steroid dienone is 2. The molecule has 1 aromatic rings. The topological polar surface area (TPSA) is 98.7 Å². The van der Waals surface area contributed by atoms with Crippen LogP contribution in [0.1, 0.15) is 26.7 Å². The van der Waals surface area contributed by atoms with Gasteiger partial charge < -0.3 is 15.7 Å². The van der Waals surface area contributed by atoms with Gasteiger partial charge in [0.15, 0.2) is 5.78 Å². The number of nitrogens with one attached hydrogen (secondary N) is 2. The Kier molecular flexibility index (Phi) is 5.58. The van der Waals surface area contributed by atoms with Gasteiger partial charge in [-0.1, -0.05) is 25.4 Å². The Labute approximate surface area is 168 Å². The van der Waals surface area contributed by atoms with Gasteiger partial charge in [-0.15, -0.1) is 0 Å². The molecule has 0 saturated heterocycles. The number of carbonyl (C=O) groups excluding carboxylic acids is 3. The molecule has 2 aliphatic rings. The molecular weight excluding hydrogens is 382 g/mol. The van der Waals surface area contributed by atoms with Gasteiger partial charge in [0, 0.05) is 29.3 Å². The van der Waals surface area contributed by atoms with Crippen LogP contribution >= 0.6 is 11.6 Å². The number of halogens is 1. The Balaban J connectivity index is 1.84. The highest BCUT2D eigenvalue weighted by atomic mass is 35.5. The van der Waals surface area contributed by atoms with E-state index < -0.39 is 11.8 Å². The number of anilines is 2. The average Bonchev–Trinajstić information content (AvgIpc) is 2.83. The van der Waals surface area contributed by atoms with Gasteiger partial charge in [0.1, 0.15) is 5.70 Å². The van der Waals surface area contributed by atoms with E-state index in [-0.39, 0.29) is 30.0 Å². The molecule has 0 aromatic heterocycles. The lowest BCUT2D eigenvalue weighted by Crippen LogP contribution is -2.34. The molecule has 1 aliphatic heterocycles. The van der Waals surface area contributed by atoms with Gasteiger partial charge in [0.2, 0.25) is 0 Å². The molecule has 1 aliphatic carbocycles. The number of hydrogen-bond acceptors (Lipinski definition) is 6. The summed E-state index contributed by atoms with van der Waals surface area (Å²) in [6.07, 6.45) is 3.98. The second kappa shape index (κ2) is 7.77. The minimum atomic E-state index is -0.516. The fourth-order valence-electron chi connectivity index (χ4n) is 3.38. The Morgan fingerprint density at radius 1 is 1.11 bits per heavy atom. The first kappa shape index (κ1) is 20.1. The quantitative estimate of drug-likeness (QED) is 0.631. The highest BCUT2D eigenvalue weighted by Gasteiger charge is 2.31. The molecule has 7 nitrogen and oxygen atoms in total. The van der Waals surface area contributed by atoms with Crippen LogP contribution in [0, 0.1) is 5.41 Å². The summed E-state index contributed by atoms with van der Waals surface area (Å²) in [5.41, 5.74) is 1.86. The van der Waals surface area contributed by atoms with E-state index >= 15 is 0 Å². The molecule has 28 heavy (non-hydrogen) atoms. The number of aliphatic hydroxyl groups is 1. The van der Waals surface area contributed by atoms with Crippen LogP contribution < -0.4 is 10.6 Å². The van der Waals surface area contributed by atoms with E-state index in [2.05, 4.69) is 10.6 Å². The number of aliphatic hydroxyl groups excluding tert-OH is 1. The summed E-state index contributed by atoms with van der Waals surface area (Å²) in [5.74, 6) is -0.945. The molecule has 0 saturated carbocycles. The molecule has 148 valence electrons. The summed E-state index contributed by atoms with van der Waals surface area (Å²) in [6.45, 7) is 3.69. The van der Waals surface area contributed by atoms with E-state index in [1.807, 2.05) is 13.8 Å². The number of nitrogens with zero attached hydrogens (tertiary/aromatic N) is 1. The minimum Gasteiger partial charge on any atom is -0.395 e. The lowest BCUT2D eigenvalue weighted by Gasteiger charge is -2.29. The number of rotatable bonds is 6. The molecule has 3 N–H and O–H groups in total. The zero-order valence-electron chi connectivity index (χ0n) is 15.7. The number of amides is 2. The van der Waals surface area contributed by atoms with Crippen molar-refractivity contribution in [3.8, 4) is 0 Å². The van der Waals surface area contributed by atoms with Crippen LogP contribution in [0.3, 0.4) is 0 Å². The lowest BCUT2D eigenvalue weighted by atomic mass is 9.79. The van der Waals surface area contributed by atoms with Gasteiger partial charge in [-0.2, -0.15) is 0 Å². The van der Waals surface area contributed by atoms with Crippen LogP contribution in [0.15, 0.2) is 41.7 Å². The van der Waals surface area contributed by atoms with Crippen molar-refractivity contribution in [2.45, 2.75) is 26.7 Å². The number of imide groups is 1. The van der Waals surface area contributed by atoms with Crippen LogP contribution in [-0.2, 0) is 14.4 Å². The summed E-state index contributed by atoms with van der Waals surface area (Å²) in [5, 5.41) is 15.7. The zero-order chi connectivity index (χ0) is 20.5. The average molecular weight is 404 g/mol. The Morgan fingerprint density at radius 3 is 2.54 bits per heavy atom. The molecule has 0 unspecified atom stereocenters. The largest absolute Gasteiger partial charge is 0.395 e. The first-order valence-electron chi connectivity index (χ1n) is 8.94. The number of carbonyl (C=O) groups is 3. The van der Waals surface area contributed by atoms with E-state index in [9.17, 15) is 14.4 Å². The maximum absolute atomic E-state index is 12.4. The number of hydrogen-bond donors (Lipinski definition) is 3. The van der Waals surface area contributed by atoms with E-state index in [4.69, 9.17) is 16.7 Å². The summed E-state index contributed by atoms with van der Waals surface area (Å²) in [6, 6.07) is 5.07. The highest BCUT2D eigenvalue weighted by molar-refractivity contribution is 6.31. The maximum Gasteiger partial charge on any atom is 0.277 e. The van der Waals surface area contributed by atoms with E-state index in [1.165, 1.54) is 6.08 Å². The summed E-state index contributed by atoms with van der Waals surface area (Å²) in [7, 11) is 0. The smallest absolute Gasteiger partial charge is 0.277 e. The third kappa shape index (κ3) is 4.43. The van der Waals surface area contributed by atoms with Gasteiger partial charge >= 0.3 is 0 Å². The van der Waals surface area contributed by atoms with Crippen LogP contribution in [-0.4, -0.2) is 40.8 Å². The summed E-state index contributed by atoms with van der Waals surface area (Å²) < 4.78 is 0. The molecule has 1 aromatic carbocycles. The molecule has 0 bridgehead atoms. The molecule has 2 amide bonds. The van der Waals surface area contributed by atoms with Crippen molar-refractivity contribution in [3.63, 3.8) is 0 Å². The van der Waals surface area contributed by atoms with Crippen molar-refractivity contribution in [1.82, 2.24) is 4.90 Å². The van der Waals surface area contributed by atoms with Crippen molar-refractivity contribution >= 4 is 40.6 Å². The second-order valence-corrected chi connectivity index (χ2v) is 8.11. The standard InChI is InChI=1S/C20H22ClN3O4/c1-20(2)10-13(8-14(26)11-20)22-15-4-3-12(21)7-16(15)23-17-9-18(27)24(5-6-25)19(17)28/h3-4,7-9,22-23,25H,5-6,10-11H2,1-2H3. The molecule has 1 heterocycles. The molecule has 0 atom stereocenters. The van der Waals surface area contributed by atoms with Gasteiger partial charge in [-0.25, -0.2) is 0 Å². The monoisotopic (exact) mass is 403 g/mol. The minimum absolute atomic E-state index is 0.0566. The first-order valence-corrected chi connectivity index (χ1v) is 9.32. The lowest BCUT2D eigenvalue weighted by molar-refractivity contribution is -0.137. The molecule has 0 fully saturated rings. The Morgan fingerprint density at radius 2 is 1.86 bits per heavy atom. The Hall–Kier alpha value is -2.64. The zero-order valence-corrected chi connectivity index (χ0v) is 16.5. The van der Waals surface area contributed by atoms with E-state index in [0.29, 0.717) is 29.2 Å². The summed E-state index contributed by atoms with van der Waals surface area (Å²) in [4.78, 5) is 37.3. The van der Waals surface area contributed by atoms with Crippen LogP contribution in [0.5, 0.6) is 0 Å². The van der Waals surface area contributed by atoms with Gasteiger partial charge in [-0.3, -0.25) is 19.3 Å². The van der Waals surface area contributed by atoms with Crippen LogP contribution in [0.2, 0.25) is 5.02 Å². The van der Waals surface area contributed by atoms with Crippen molar-refractivity contribution in [2.24, 2.45) is 5.41 Å². The highest BCUT2D eigenvalue weighted by Crippen LogP contribution is 2.36. The molecular formula is C20H22ClN3O4. The fraction of sp³-hybridized carbons (Fsp3) is 0.350. The van der Waals surface area contributed by atoms with Crippen molar-refractivity contribution < 1.29 is 19.5 Å². The van der Waals surface area contributed by atoms with Crippen molar-refractivity contribution in [3.05, 3.63) is 46.8 Å². The molecule has 0 radical (unpaired) electrons. The molecule has 3 rings (SSSR count). The van der Waals surface area contributed by atoms with Crippen LogP contribution in [0.25, 0.3) is 0 Å². The molecule has 8 heteroatoms. The second-order valence-electron chi connectivity index (χ2n) is 7.67. The van der Waals surface area contributed by atoms with Gasteiger partial charge in [-0.05, 0) is 30.0 Å². The normalized spacial score (nSPS) is 18.9. The number of ketones is 1. The first-order chi connectivity index (χ1) is 13.2. The SMILES string of the molecule is CC1(C)CC(=O)C=C(Nc2ccc(Cl)cc2NC2=CC(=O)N(CCO)C2=O)C1. The van der Waals surface area contributed by atoms with Crippen molar-refractivity contribution in [2.75, 3.05) is 23.8 Å². The Bertz CT molecular complexity index is 905. The molecule has 0 spiro atoms. The number of β-amino-alcohol motifs (C(OH)–C–C–N with tert-alkyl or cyclic N) is 1. The maximum atomic E-state index is 12.4. The van der Waals surface area contributed by atoms with E-state index in [1.54, 1.807) is 24.3 Å². The third-order valence-electron chi connectivity index (χ3n) is 4.54. The van der Waals surface area contributed by atoms with Crippen molar-refractivity contribution in [1.29, 1.82) is 0 Å². The summed E-state index contributed by atoms with van der Waals surface area (Å²) >= 11 is 6.11. The third-order valence-corrected chi connectivity index (χ3v) is 4.77. The predicted molar refractivity (Wildman–Crippen MR) is 107 cm³/mol. The van der Waals surface area contributed by atoms with Gasteiger partial charge in [0.25, 0.3) is 11.8 Å².